The Kier molecular flexibility index (Phi) is 2.59. The third kappa shape index (κ3) is 1.82. The van der Waals surface area contributed by atoms with Crippen LogP contribution >= 0.6 is 0 Å². The first kappa shape index (κ1) is 9.71. The molecule has 1 aromatic rings. The molecular formula is C11H19N3. The molecule has 1 aliphatic rings. The Balaban J connectivity index is 1.87. The molecule has 1 heterocycles. The van der Waals surface area contributed by atoms with Crippen molar-refractivity contribution in [1.82, 2.24) is 15.1 Å². The molecule has 14 heavy (non-hydrogen) atoms. The standard InChI is InChI=1S/C11H19N3/c1-3-11(5-4-6-11)12-7-10-8-13-14(2)9-10/h8-9,12H,3-7H2,1-2H3. The summed E-state index contributed by atoms with van der Waals surface area (Å²) in [5.74, 6) is 0. The maximum atomic E-state index is 4.16. The van der Waals surface area contributed by atoms with Crippen LogP contribution in [-0.4, -0.2) is 15.3 Å². The van der Waals surface area contributed by atoms with Crippen LogP contribution in [-0.2, 0) is 13.6 Å². The van der Waals surface area contributed by atoms with Gasteiger partial charge in [0.15, 0.2) is 0 Å². The summed E-state index contributed by atoms with van der Waals surface area (Å²) in [5.41, 5.74) is 1.72. The van der Waals surface area contributed by atoms with Gasteiger partial charge in [-0.2, -0.15) is 5.10 Å². The summed E-state index contributed by atoms with van der Waals surface area (Å²) in [4.78, 5) is 0. The van der Waals surface area contributed by atoms with Crippen molar-refractivity contribution >= 4 is 0 Å². The first-order valence-electron chi connectivity index (χ1n) is 5.47. The van der Waals surface area contributed by atoms with Gasteiger partial charge in [0, 0.05) is 30.9 Å². The summed E-state index contributed by atoms with van der Waals surface area (Å²) >= 11 is 0. The van der Waals surface area contributed by atoms with Gasteiger partial charge in [-0.25, -0.2) is 0 Å². The Labute approximate surface area is 85.5 Å². The second kappa shape index (κ2) is 3.73. The van der Waals surface area contributed by atoms with E-state index in [4.69, 9.17) is 0 Å². The first-order chi connectivity index (χ1) is 6.74. The van der Waals surface area contributed by atoms with Gasteiger partial charge in [-0.1, -0.05) is 6.92 Å². The van der Waals surface area contributed by atoms with E-state index in [1.165, 1.54) is 31.2 Å². The molecule has 0 amide bonds. The molecule has 0 saturated heterocycles. The lowest BCUT2D eigenvalue weighted by Crippen LogP contribution is -2.49. The smallest absolute Gasteiger partial charge is 0.0534 e. The quantitative estimate of drug-likeness (QED) is 0.790. The minimum atomic E-state index is 0.440. The Morgan fingerprint density at radius 1 is 1.57 bits per heavy atom. The molecule has 0 atom stereocenters. The second-order valence-electron chi connectivity index (χ2n) is 4.36. The van der Waals surface area contributed by atoms with Crippen LogP contribution in [0, 0.1) is 0 Å². The van der Waals surface area contributed by atoms with Gasteiger partial charge in [-0.05, 0) is 25.7 Å². The first-order valence-corrected chi connectivity index (χ1v) is 5.47. The average Bonchev–Trinajstić information content (AvgIpc) is 2.50. The second-order valence-corrected chi connectivity index (χ2v) is 4.36. The number of aromatic nitrogens is 2. The van der Waals surface area contributed by atoms with Gasteiger partial charge in [-0.3, -0.25) is 4.68 Å². The summed E-state index contributed by atoms with van der Waals surface area (Å²) in [6, 6.07) is 0. The molecule has 0 spiro atoms. The molecule has 0 radical (unpaired) electrons. The van der Waals surface area contributed by atoms with Crippen LogP contribution in [0.1, 0.15) is 38.2 Å². The third-order valence-corrected chi connectivity index (χ3v) is 3.41. The van der Waals surface area contributed by atoms with Crippen molar-refractivity contribution in [2.45, 2.75) is 44.7 Å². The van der Waals surface area contributed by atoms with Crippen LogP contribution in [0.2, 0.25) is 0 Å². The lowest BCUT2D eigenvalue weighted by molar-refractivity contribution is 0.175. The van der Waals surface area contributed by atoms with Gasteiger partial charge < -0.3 is 5.32 Å². The fraction of sp³-hybridized carbons (Fsp3) is 0.727. The van der Waals surface area contributed by atoms with Gasteiger partial charge in [0.1, 0.15) is 0 Å². The van der Waals surface area contributed by atoms with E-state index in [1.54, 1.807) is 0 Å². The van der Waals surface area contributed by atoms with Crippen LogP contribution in [0.25, 0.3) is 0 Å². The van der Waals surface area contributed by atoms with Gasteiger partial charge in [0.05, 0.1) is 6.20 Å². The molecule has 2 rings (SSSR count). The molecule has 0 bridgehead atoms. The maximum Gasteiger partial charge on any atom is 0.0534 e. The van der Waals surface area contributed by atoms with Gasteiger partial charge in [-0.15, -0.1) is 0 Å². The van der Waals surface area contributed by atoms with E-state index in [2.05, 4.69) is 23.5 Å². The highest BCUT2D eigenvalue weighted by atomic mass is 15.2. The van der Waals surface area contributed by atoms with Crippen LogP contribution in [0.5, 0.6) is 0 Å². The highest BCUT2D eigenvalue weighted by molar-refractivity contribution is 5.05. The van der Waals surface area contributed by atoms with Gasteiger partial charge in [0.2, 0.25) is 0 Å². The highest BCUT2D eigenvalue weighted by Crippen LogP contribution is 2.34. The lowest BCUT2D eigenvalue weighted by atomic mass is 9.75. The van der Waals surface area contributed by atoms with E-state index in [0.29, 0.717) is 5.54 Å². The maximum absolute atomic E-state index is 4.16. The van der Waals surface area contributed by atoms with Crippen LogP contribution in [0.4, 0.5) is 0 Å². The summed E-state index contributed by atoms with van der Waals surface area (Å²) in [5, 5.41) is 7.82. The Morgan fingerprint density at radius 3 is 2.79 bits per heavy atom. The molecule has 1 saturated carbocycles. The molecule has 1 fully saturated rings. The van der Waals surface area contributed by atoms with E-state index in [1.807, 2.05) is 17.9 Å². The monoisotopic (exact) mass is 193 g/mol. The minimum absolute atomic E-state index is 0.440. The van der Waals surface area contributed by atoms with E-state index < -0.39 is 0 Å². The molecule has 78 valence electrons. The Bertz CT molecular complexity index is 294. The third-order valence-electron chi connectivity index (χ3n) is 3.41. The number of hydrogen-bond acceptors (Lipinski definition) is 2. The molecule has 0 aliphatic heterocycles. The van der Waals surface area contributed by atoms with E-state index in [9.17, 15) is 0 Å². The van der Waals surface area contributed by atoms with Crippen molar-refractivity contribution in [3.63, 3.8) is 0 Å². The predicted molar refractivity (Wildman–Crippen MR) is 56.9 cm³/mol. The van der Waals surface area contributed by atoms with Gasteiger partial charge in [0.25, 0.3) is 0 Å². The Morgan fingerprint density at radius 2 is 2.36 bits per heavy atom. The normalized spacial score (nSPS) is 19.3. The van der Waals surface area contributed by atoms with E-state index in [-0.39, 0.29) is 0 Å². The van der Waals surface area contributed by atoms with Crippen molar-refractivity contribution in [2.24, 2.45) is 7.05 Å². The number of rotatable bonds is 4. The molecule has 0 aromatic carbocycles. The van der Waals surface area contributed by atoms with Gasteiger partial charge >= 0.3 is 0 Å². The van der Waals surface area contributed by atoms with E-state index in [0.717, 1.165) is 6.54 Å². The van der Waals surface area contributed by atoms with Crippen molar-refractivity contribution in [3.05, 3.63) is 18.0 Å². The average molecular weight is 193 g/mol. The lowest BCUT2D eigenvalue weighted by Gasteiger charge is -2.42. The predicted octanol–water partition coefficient (Wildman–Crippen LogP) is 1.84. The van der Waals surface area contributed by atoms with Crippen molar-refractivity contribution in [3.8, 4) is 0 Å². The summed E-state index contributed by atoms with van der Waals surface area (Å²) in [6.07, 6.45) is 9.32. The molecule has 1 aliphatic carbocycles. The summed E-state index contributed by atoms with van der Waals surface area (Å²) < 4.78 is 1.86. The SMILES string of the molecule is CCC1(NCc2cnn(C)c2)CCC1. The highest BCUT2D eigenvalue weighted by Gasteiger charge is 2.34. The Hall–Kier alpha value is -0.830. The largest absolute Gasteiger partial charge is 0.307 e. The molecule has 1 N–H and O–H groups in total. The van der Waals surface area contributed by atoms with Crippen LogP contribution in [0.3, 0.4) is 0 Å². The fourth-order valence-electron chi connectivity index (χ4n) is 2.11. The molecular weight excluding hydrogens is 174 g/mol. The van der Waals surface area contributed by atoms with Crippen LogP contribution in [0.15, 0.2) is 12.4 Å². The number of nitrogens with one attached hydrogen (secondary N) is 1. The summed E-state index contributed by atoms with van der Waals surface area (Å²) in [6.45, 7) is 3.23. The zero-order valence-corrected chi connectivity index (χ0v) is 9.08. The topological polar surface area (TPSA) is 29.9 Å². The number of nitrogens with zero attached hydrogens (tertiary/aromatic N) is 2. The number of hydrogen-bond donors (Lipinski definition) is 1. The zero-order chi connectivity index (χ0) is 10.0. The number of aryl methyl sites for hydroxylation is 1. The van der Waals surface area contributed by atoms with E-state index >= 15 is 0 Å². The fourth-order valence-corrected chi connectivity index (χ4v) is 2.11. The minimum Gasteiger partial charge on any atom is -0.307 e. The van der Waals surface area contributed by atoms with Crippen molar-refractivity contribution in [2.75, 3.05) is 0 Å². The summed E-state index contributed by atoms with van der Waals surface area (Å²) in [7, 11) is 1.96. The van der Waals surface area contributed by atoms with Crippen molar-refractivity contribution < 1.29 is 0 Å². The zero-order valence-electron chi connectivity index (χ0n) is 9.08. The van der Waals surface area contributed by atoms with Crippen LogP contribution < -0.4 is 5.32 Å². The molecule has 3 heteroatoms. The molecule has 1 aromatic heterocycles. The molecule has 0 unspecified atom stereocenters. The van der Waals surface area contributed by atoms with Crippen molar-refractivity contribution in [1.29, 1.82) is 0 Å². The molecule has 3 nitrogen and oxygen atoms in total.